The van der Waals surface area contributed by atoms with Crippen molar-refractivity contribution in [3.63, 3.8) is 0 Å². The van der Waals surface area contributed by atoms with Gasteiger partial charge in [0.2, 0.25) is 0 Å². The Morgan fingerprint density at radius 2 is 2.06 bits per heavy atom. The Labute approximate surface area is 105 Å². The van der Waals surface area contributed by atoms with E-state index in [-0.39, 0.29) is 6.04 Å². The van der Waals surface area contributed by atoms with Crippen LogP contribution < -0.4 is 10.6 Å². The van der Waals surface area contributed by atoms with Gasteiger partial charge in [-0.1, -0.05) is 6.07 Å². The quantitative estimate of drug-likeness (QED) is 0.873. The summed E-state index contributed by atoms with van der Waals surface area (Å²) in [5.74, 6) is 2.44. The van der Waals surface area contributed by atoms with Crippen LogP contribution in [0.25, 0.3) is 0 Å². The van der Waals surface area contributed by atoms with Gasteiger partial charge in [0.15, 0.2) is 0 Å². The second kappa shape index (κ2) is 5.14. The van der Waals surface area contributed by atoms with Crippen molar-refractivity contribution in [2.75, 3.05) is 17.7 Å². The second-order valence-corrected chi connectivity index (χ2v) is 4.80. The zero-order valence-corrected chi connectivity index (χ0v) is 11.0. The SMILES string of the molecule is CNc1cc(NC(C)c2cccs2)nc(C)n1. The first-order chi connectivity index (χ1) is 8.19. The van der Waals surface area contributed by atoms with Crippen molar-refractivity contribution in [2.24, 2.45) is 0 Å². The van der Waals surface area contributed by atoms with E-state index in [9.17, 15) is 0 Å². The molecular weight excluding hydrogens is 232 g/mol. The van der Waals surface area contributed by atoms with Crippen LogP contribution in [-0.2, 0) is 0 Å². The Morgan fingerprint density at radius 1 is 1.29 bits per heavy atom. The lowest BCUT2D eigenvalue weighted by Crippen LogP contribution is -2.08. The van der Waals surface area contributed by atoms with Crippen LogP contribution in [0, 0.1) is 6.92 Å². The molecule has 90 valence electrons. The van der Waals surface area contributed by atoms with Gasteiger partial charge < -0.3 is 10.6 Å². The number of hydrogen-bond acceptors (Lipinski definition) is 5. The summed E-state index contributed by atoms with van der Waals surface area (Å²) in [5.41, 5.74) is 0. The molecule has 5 heteroatoms. The van der Waals surface area contributed by atoms with Crippen LogP contribution in [0.4, 0.5) is 11.6 Å². The highest BCUT2D eigenvalue weighted by atomic mass is 32.1. The molecule has 2 N–H and O–H groups in total. The second-order valence-electron chi connectivity index (χ2n) is 3.82. The summed E-state index contributed by atoms with van der Waals surface area (Å²) >= 11 is 1.74. The third-order valence-corrected chi connectivity index (χ3v) is 3.48. The molecule has 0 spiro atoms. The van der Waals surface area contributed by atoms with Crippen molar-refractivity contribution in [1.29, 1.82) is 0 Å². The number of nitrogens with zero attached hydrogens (tertiary/aromatic N) is 2. The standard InChI is InChI=1S/C12H16N4S/c1-8(10-5-4-6-17-10)14-12-7-11(13-3)15-9(2)16-12/h4-8H,1-3H3,(H2,13,14,15,16). The van der Waals surface area contributed by atoms with Crippen LogP contribution >= 0.6 is 11.3 Å². The molecule has 2 heterocycles. The summed E-state index contributed by atoms with van der Waals surface area (Å²) in [6.07, 6.45) is 0. The fraction of sp³-hybridized carbons (Fsp3) is 0.333. The Kier molecular flexibility index (Phi) is 3.58. The first kappa shape index (κ1) is 11.9. The summed E-state index contributed by atoms with van der Waals surface area (Å²) in [7, 11) is 1.86. The van der Waals surface area contributed by atoms with Crippen molar-refractivity contribution in [3.8, 4) is 0 Å². The molecule has 0 radical (unpaired) electrons. The molecular formula is C12H16N4S. The van der Waals surface area contributed by atoms with E-state index in [1.54, 1.807) is 11.3 Å². The molecule has 0 saturated carbocycles. The van der Waals surface area contributed by atoms with Gasteiger partial charge in [0.1, 0.15) is 17.5 Å². The van der Waals surface area contributed by atoms with E-state index < -0.39 is 0 Å². The van der Waals surface area contributed by atoms with Crippen LogP contribution in [-0.4, -0.2) is 17.0 Å². The van der Waals surface area contributed by atoms with Gasteiger partial charge in [0, 0.05) is 18.0 Å². The Hall–Kier alpha value is -1.62. The lowest BCUT2D eigenvalue weighted by Gasteiger charge is -2.14. The summed E-state index contributed by atoms with van der Waals surface area (Å²) in [5, 5.41) is 8.49. The monoisotopic (exact) mass is 248 g/mol. The van der Waals surface area contributed by atoms with E-state index in [4.69, 9.17) is 0 Å². The third-order valence-electron chi connectivity index (χ3n) is 2.43. The van der Waals surface area contributed by atoms with Gasteiger partial charge in [-0.05, 0) is 25.3 Å². The molecule has 17 heavy (non-hydrogen) atoms. The average molecular weight is 248 g/mol. The fourth-order valence-electron chi connectivity index (χ4n) is 1.60. The number of anilines is 2. The molecule has 0 amide bonds. The number of rotatable bonds is 4. The van der Waals surface area contributed by atoms with Gasteiger partial charge in [-0.25, -0.2) is 9.97 Å². The minimum atomic E-state index is 0.258. The van der Waals surface area contributed by atoms with Gasteiger partial charge in [-0.3, -0.25) is 0 Å². The minimum absolute atomic E-state index is 0.258. The Balaban J connectivity index is 2.15. The lowest BCUT2D eigenvalue weighted by molar-refractivity contribution is 0.887. The number of aromatic nitrogens is 2. The zero-order valence-electron chi connectivity index (χ0n) is 10.2. The van der Waals surface area contributed by atoms with E-state index in [0.29, 0.717) is 0 Å². The molecule has 4 nitrogen and oxygen atoms in total. The molecule has 2 aromatic rings. The number of hydrogen-bond donors (Lipinski definition) is 2. The maximum atomic E-state index is 4.37. The van der Waals surface area contributed by atoms with E-state index in [1.807, 2.05) is 20.0 Å². The maximum absolute atomic E-state index is 4.37. The van der Waals surface area contributed by atoms with Crippen molar-refractivity contribution in [2.45, 2.75) is 19.9 Å². The summed E-state index contributed by atoms with van der Waals surface area (Å²) in [4.78, 5) is 9.94. The van der Waals surface area contributed by atoms with Crippen LogP contribution in [0.3, 0.4) is 0 Å². The Bertz CT molecular complexity index is 481. The van der Waals surface area contributed by atoms with Gasteiger partial charge in [0.05, 0.1) is 6.04 Å². The predicted molar refractivity (Wildman–Crippen MR) is 72.7 cm³/mol. The van der Waals surface area contributed by atoms with E-state index >= 15 is 0 Å². The van der Waals surface area contributed by atoms with Gasteiger partial charge in [-0.2, -0.15) is 0 Å². The summed E-state index contributed by atoms with van der Waals surface area (Å²) in [6, 6.07) is 6.35. The number of aryl methyl sites for hydroxylation is 1. The normalized spacial score (nSPS) is 12.2. The van der Waals surface area contributed by atoms with Gasteiger partial charge in [0.25, 0.3) is 0 Å². The van der Waals surface area contributed by atoms with Crippen LogP contribution in [0.1, 0.15) is 23.7 Å². The summed E-state index contributed by atoms with van der Waals surface area (Å²) < 4.78 is 0. The van der Waals surface area contributed by atoms with E-state index in [2.05, 4.69) is 45.0 Å². The smallest absolute Gasteiger partial charge is 0.132 e. The number of nitrogens with one attached hydrogen (secondary N) is 2. The average Bonchev–Trinajstić information content (AvgIpc) is 2.81. The van der Waals surface area contributed by atoms with Crippen LogP contribution in [0.5, 0.6) is 0 Å². The molecule has 0 aliphatic carbocycles. The molecule has 0 aliphatic heterocycles. The first-order valence-electron chi connectivity index (χ1n) is 5.52. The van der Waals surface area contributed by atoms with Crippen molar-refractivity contribution < 1.29 is 0 Å². The lowest BCUT2D eigenvalue weighted by atomic mass is 10.3. The summed E-state index contributed by atoms with van der Waals surface area (Å²) in [6.45, 7) is 4.02. The van der Waals surface area contributed by atoms with Crippen molar-refractivity contribution >= 4 is 23.0 Å². The molecule has 2 rings (SSSR count). The van der Waals surface area contributed by atoms with Gasteiger partial charge in [-0.15, -0.1) is 11.3 Å². The highest BCUT2D eigenvalue weighted by molar-refractivity contribution is 7.10. The van der Waals surface area contributed by atoms with Crippen LogP contribution in [0.15, 0.2) is 23.6 Å². The molecule has 2 aromatic heterocycles. The molecule has 0 aliphatic rings. The maximum Gasteiger partial charge on any atom is 0.132 e. The highest BCUT2D eigenvalue weighted by Gasteiger charge is 2.08. The molecule has 1 unspecified atom stereocenters. The predicted octanol–water partition coefficient (Wildman–Crippen LogP) is 3.06. The van der Waals surface area contributed by atoms with E-state index in [1.165, 1.54) is 4.88 Å². The molecule has 0 fully saturated rings. The Morgan fingerprint density at radius 3 is 2.71 bits per heavy atom. The van der Waals surface area contributed by atoms with Crippen molar-refractivity contribution in [1.82, 2.24) is 9.97 Å². The van der Waals surface area contributed by atoms with Crippen molar-refractivity contribution in [3.05, 3.63) is 34.3 Å². The first-order valence-corrected chi connectivity index (χ1v) is 6.40. The fourth-order valence-corrected chi connectivity index (χ4v) is 2.33. The molecule has 0 saturated heterocycles. The third kappa shape index (κ3) is 2.94. The highest BCUT2D eigenvalue weighted by Crippen LogP contribution is 2.22. The minimum Gasteiger partial charge on any atom is -0.373 e. The van der Waals surface area contributed by atoms with Gasteiger partial charge >= 0.3 is 0 Å². The largest absolute Gasteiger partial charge is 0.373 e. The number of thiophene rings is 1. The zero-order chi connectivity index (χ0) is 12.3. The van der Waals surface area contributed by atoms with E-state index in [0.717, 1.165) is 17.5 Å². The van der Waals surface area contributed by atoms with Crippen LogP contribution in [0.2, 0.25) is 0 Å². The molecule has 0 bridgehead atoms. The molecule has 1 atom stereocenters. The molecule has 0 aromatic carbocycles. The topological polar surface area (TPSA) is 49.8 Å².